The van der Waals surface area contributed by atoms with Crippen molar-refractivity contribution in [1.82, 2.24) is 4.98 Å². The monoisotopic (exact) mass is 331 g/mol. The number of carbonyl (C=O) groups excluding carboxylic acids is 1. The lowest BCUT2D eigenvalue weighted by Crippen LogP contribution is -2.15. The van der Waals surface area contributed by atoms with Gasteiger partial charge in [-0.2, -0.15) is 0 Å². The first-order chi connectivity index (χ1) is 9.45. The van der Waals surface area contributed by atoms with E-state index >= 15 is 0 Å². The minimum Gasteiger partial charge on any atom is -0.440 e. The lowest BCUT2D eigenvalue weighted by Gasteiger charge is -2.10. The van der Waals surface area contributed by atoms with Crippen LogP contribution >= 0.6 is 35.0 Å². The first kappa shape index (κ1) is 15.0. The van der Waals surface area contributed by atoms with Crippen LogP contribution in [0.25, 0.3) is 0 Å². The van der Waals surface area contributed by atoms with E-state index in [1.54, 1.807) is 0 Å². The highest BCUT2D eigenvalue weighted by Crippen LogP contribution is 2.32. The third-order valence-corrected chi connectivity index (χ3v) is 3.63. The fourth-order valence-corrected chi connectivity index (χ4v) is 2.63. The lowest BCUT2D eigenvalue weighted by atomic mass is 10.2. The van der Waals surface area contributed by atoms with Crippen LogP contribution in [0, 0.1) is 6.92 Å². The summed E-state index contributed by atoms with van der Waals surface area (Å²) in [6.45, 7) is 1.81. The summed E-state index contributed by atoms with van der Waals surface area (Å²) < 4.78 is 5.13. The molecule has 0 radical (unpaired) electrons. The average molecular weight is 332 g/mol. The van der Waals surface area contributed by atoms with Crippen molar-refractivity contribution >= 4 is 52.2 Å². The first-order valence-electron chi connectivity index (χ1n) is 5.55. The van der Waals surface area contributed by atoms with E-state index in [9.17, 15) is 4.79 Å². The number of hydrogen-bond acceptors (Lipinski definition) is 5. The maximum absolute atomic E-state index is 11.8. The summed E-state index contributed by atoms with van der Waals surface area (Å²) in [6.07, 6.45) is 1.52. The van der Waals surface area contributed by atoms with Crippen LogP contribution in [0.2, 0.25) is 10.0 Å². The van der Waals surface area contributed by atoms with Gasteiger partial charge < -0.3 is 15.5 Å². The molecule has 0 aliphatic carbocycles. The minimum absolute atomic E-state index is 0.137. The van der Waals surface area contributed by atoms with Gasteiger partial charge in [0.15, 0.2) is 0 Å². The van der Waals surface area contributed by atoms with Crippen LogP contribution in [-0.4, -0.2) is 16.6 Å². The van der Waals surface area contributed by atoms with Crippen molar-refractivity contribution in [2.24, 2.45) is 0 Å². The number of nitrogens with zero attached hydrogens (tertiary/aromatic N) is 1. The molecule has 0 aliphatic rings. The Labute approximate surface area is 129 Å². The van der Waals surface area contributed by atoms with Crippen LogP contribution in [0.4, 0.5) is 11.4 Å². The quantitative estimate of drug-likeness (QED) is 0.660. The molecule has 2 rings (SSSR count). The number of hydrogen-bond donors (Lipinski definition) is 2. The summed E-state index contributed by atoms with van der Waals surface area (Å²) in [4.78, 5) is 15.9. The third-order valence-electron chi connectivity index (χ3n) is 2.27. The van der Waals surface area contributed by atoms with E-state index in [-0.39, 0.29) is 11.7 Å². The number of halogens is 2. The fraction of sp³-hybridized carbons (Fsp3) is 0.167. The zero-order valence-corrected chi connectivity index (χ0v) is 12.8. The Kier molecular flexibility index (Phi) is 4.80. The number of carbonyl (C=O) groups is 1. The van der Waals surface area contributed by atoms with Crippen LogP contribution in [0.5, 0.6) is 0 Å². The zero-order valence-electron chi connectivity index (χ0n) is 10.4. The molecule has 1 heterocycles. The van der Waals surface area contributed by atoms with Crippen molar-refractivity contribution in [1.29, 1.82) is 0 Å². The molecule has 20 heavy (non-hydrogen) atoms. The molecule has 0 saturated carbocycles. The predicted molar refractivity (Wildman–Crippen MR) is 81.5 cm³/mol. The Morgan fingerprint density at radius 1 is 1.50 bits per heavy atom. The molecule has 0 aliphatic heterocycles. The van der Waals surface area contributed by atoms with Gasteiger partial charge in [0.25, 0.3) is 5.22 Å². The number of nitrogens with one attached hydrogen (secondary N) is 1. The van der Waals surface area contributed by atoms with Crippen molar-refractivity contribution in [2.75, 3.05) is 16.8 Å². The van der Waals surface area contributed by atoms with Gasteiger partial charge in [-0.05, 0) is 19.1 Å². The molecular weight excluding hydrogens is 321 g/mol. The van der Waals surface area contributed by atoms with Crippen molar-refractivity contribution in [2.45, 2.75) is 12.1 Å². The molecule has 0 saturated heterocycles. The van der Waals surface area contributed by atoms with Gasteiger partial charge in [0.1, 0.15) is 6.26 Å². The Morgan fingerprint density at radius 3 is 2.85 bits per heavy atom. The molecule has 1 amide bonds. The van der Waals surface area contributed by atoms with E-state index in [1.165, 1.54) is 30.2 Å². The van der Waals surface area contributed by atoms with Crippen LogP contribution in [0.3, 0.4) is 0 Å². The number of amides is 1. The molecule has 8 heteroatoms. The highest BCUT2D eigenvalue weighted by Gasteiger charge is 2.12. The van der Waals surface area contributed by atoms with E-state index in [0.717, 1.165) is 5.69 Å². The van der Waals surface area contributed by atoms with Crippen LogP contribution < -0.4 is 11.1 Å². The number of benzene rings is 1. The minimum atomic E-state index is -0.262. The summed E-state index contributed by atoms with van der Waals surface area (Å²) in [7, 11) is 0. The van der Waals surface area contributed by atoms with E-state index in [4.69, 9.17) is 33.4 Å². The van der Waals surface area contributed by atoms with Crippen molar-refractivity contribution in [3.8, 4) is 0 Å². The molecule has 106 valence electrons. The second-order valence-corrected chi connectivity index (χ2v) is 5.71. The van der Waals surface area contributed by atoms with Gasteiger partial charge in [0, 0.05) is 5.02 Å². The second kappa shape index (κ2) is 6.39. The molecule has 0 spiro atoms. The number of nitrogens with two attached hydrogens (primary N) is 1. The number of thioether (sulfide) groups is 1. The van der Waals surface area contributed by atoms with Gasteiger partial charge in [0.05, 0.1) is 27.8 Å². The van der Waals surface area contributed by atoms with Crippen molar-refractivity contribution < 1.29 is 9.21 Å². The van der Waals surface area contributed by atoms with Gasteiger partial charge in [-0.1, -0.05) is 35.0 Å². The molecule has 0 unspecified atom stereocenters. The Bertz CT molecular complexity index is 622. The van der Waals surface area contributed by atoms with E-state index in [0.29, 0.717) is 26.6 Å². The number of nitrogen functional groups attached to an aromatic ring is 1. The molecule has 1 aromatic carbocycles. The lowest BCUT2D eigenvalue weighted by molar-refractivity contribution is -0.113. The standard InChI is InChI=1S/C12H11Cl2N3O2S/c1-6-4-19-12(16-6)20-5-10(18)17-11-8(14)2-7(13)3-9(11)15/h2-4H,5,15H2,1H3,(H,17,18). The molecule has 0 atom stereocenters. The fourth-order valence-electron chi connectivity index (χ4n) is 1.43. The average Bonchev–Trinajstić information content (AvgIpc) is 2.77. The maximum Gasteiger partial charge on any atom is 0.256 e. The van der Waals surface area contributed by atoms with Gasteiger partial charge >= 0.3 is 0 Å². The second-order valence-electron chi connectivity index (χ2n) is 3.94. The highest BCUT2D eigenvalue weighted by molar-refractivity contribution is 7.99. The van der Waals surface area contributed by atoms with Crippen LogP contribution in [0.15, 0.2) is 28.0 Å². The molecule has 2 aromatic rings. The Morgan fingerprint density at radius 2 is 2.25 bits per heavy atom. The Hall–Kier alpha value is -1.37. The summed E-state index contributed by atoms with van der Waals surface area (Å²) in [6, 6.07) is 3.04. The topological polar surface area (TPSA) is 81.2 Å². The SMILES string of the molecule is Cc1coc(SCC(=O)Nc2c(N)cc(Cl)cc2Cl)n1. The maximum atomic E-state index is 11.8. The molecule has 3 N–H and O–H groups in total. The normalized spacial score (nSPS) is 10.6. The number of aryl methyl sites for hydroxylation is 1. The largest absolute Gasteiger partial charge is 0.440 e. The summed E-state index contributed by atoms with van der Waals surface area (Å²) in [5.41, 5.74) is 7.19. The smallest absolute Gasteiger partial charge is 0.256 e. The van der Waals surface area contributed by atoms with Crippen molar-refractivity contribution in [3.05, 3.63) is 34.1 Å². The number of anilines is 2. The molecule has 1 aromatic heterocycles. The van der Waals surface area contributed by atoms with Gasteiger partial charge in [-0.25, -0.2) is 4.98 Å². The molecule has 0 bridgehead atoms. The Balaban J connectivity index is 1.98. The van der Waals surface area contributed by atoms with Crippen LogP contribution in [-0.2, 0) is 4.79 Å². The zero-order chi connectivity index (χ0) is 14.7. The molecule has 5 nitrogen and oxygen atoms in total. The van der Waals surface area contributed by atoms with E-state index < -0.39 is 0 Å². The molecule has 0 fully saturated rings. The van der Waals surface area contributed by atoms with Crippen molar-refractivity contribution in [3.63, 3.8) is 0 Å². The first-order valence-corrected chi connectivity index (χ1v) is 7.29. The summed E-state index contributed by atoms with van der Waals surface area (Å²) in [5.74, 6) is -0.125. The van der Waals surface area contributed by atoms with Gasteiger partial charge in [0.2, 0.25) is 5.91 Å². The summed E-state index contributed by atoms with van der Waals surface area (Å²) in [5, 5.41) is 3.78. The van der Waals surface area contributed by atoms with Gasteiger partial charge in [-0.3, -0.25) is 4.79 Å². The molecular formula is C12H11Cl2N3O2S. The highest BCUT2D eigenvalue weighted by atomic mass is 35.5. The summed E-state index contributed by atoms with van der Waals surface area (Å²) >= 11 is 13.0. The predicted octanol–water partition coefficient (Wildman–Crippen LogP) is 3.60. The number of rotatable bonds is 4. The van der Waals surface area contributed by atoms with E-state index in [1.807, 2.05) is 6.92 Å². The van der Waals surface area contributed by atoms with Gasteiger partial charge in [-0.15, -0.1) is 0 Å². The van der Waals surface area contributed by atoms with Crippen LogP contribution in [0.1, 0.15) is 5.69 Å². The number of oxazole rings is 1. The number of aromatic nitrogens is 1. The van der Waals surface area contributed by atoms with E-state index in [2.05, 4.69) is 10.3 Å². The third kappa shape index (κ3) is 3.82.